The van der Waals surface area contributed by atoms with Crippen LogP contribution in [0.3, 0.4) is 0 Å². The number of hydrazone groups is 1. The molecule has 0 radical (unpaired) electrons. The molecule has 0 fully saturated rings. The van der Waals surface area contributed by atoms with Crippen LogP contribution in [0.2, 0.25) is 0 Å². The number of benzene rings is 2. The van der Waals surface area contributed by atoms with Crippen molar-refractivity contribution in [3.05, 3.63) is 59.7 Å². The van der Waals surface area contributed by atoms with Gasteiger partial charge in [0.15, 0.2) is 0 Å². The Hall–Kier alpha value is -2.82. The van der Waals surface area contributed by atoms with Crippen LogP contribution in [0.4, 0.5) is 0 Å². The fourth-order valence-corrected chi connectivity index (χ4v) is 2.18. The quantitative estimate of drug-likeness (QED) is 0.611. The molecule has 5 nitrogen and oxygen atoms in total. The van der Waals surface area contributed by atoms with E-state index < -0.39 is 0 Å². The summed E-state index contributed by atoms with van der Waals surface area (Å²) < 4.78 is 11.0. The molecule has 0 saturated heterocycles. The smallest absolute Gasteiger partial charge is 0.271 e. The third kappa shape index (κ3) is 5.64. The maximum atomic E-state index is 12.1. The highest BCUT2D eigenvalue weighted by Gasteiger charge is 2.06. The van der Waals surface area contributed by atoms with Crippen molar-refractivity contribution in [1.82, 2.24) is 5.43 Å². The maximum absolute atomic E-state index is 12.1. The number of carbonyl (C=O) groups is 1. The number of amides is 1. The third-order valence-corrected chi connectivity index (χ3v) is 3.40. The Kier molecular flexibility index (Phi) is 6.57. The fourth-order valence-electron chi connectivity index (χ4n) is 2.18. The van der Waals surface area contributed by atoms with Crippen LogP contribution >= 0.6 is 0 Å². The summed E-state index contributed by atoms with van der Waals surface area (Å²) in [5.74, 6) is 1.29. The first-order valence-corrected chi connectivity index (χ1v) is 8.34. The summed E-state index contributed by atoms with van der Waals surface area (Å²) in [5.41, 5.74) is 4.74. The lowest BCUT2D eigenvalue weighted by Crippen LogP contribution is -2.19. The molecule has 0 saturated carbocycles. The zero-order chi connectivity index (χ0) is 18.2. The molecule has 0 aliphatic carbocycles. The Bertz CT molecular complexity index is 720. The zero-order valence-electron chi connectivity index (χ0n) is 15.1. The van der Waals surface area contributed by atoms with Gasteiger partial charge in [-0.3, -0.25) is 4.79 Å². The van der Waals surface area contributed by atoms with Crippen LogP contribution in [-0.2, 0) is 0 Å². The fraction of sp³-hybridized carbons (Fsp3) is 0.300. The highest BCUT2D eigenvalue weighted by atomic mass is 16.5. The van der Waals surface area contributed by atoms with E-state index in [1.54, 1.807) is 24.3 Å². The molecule has 0 atom stereocenters. The molecule has 1 amide bonds. The highest BCUT2D eigenvalue weighted by Crippen LogP contribution is 2.15. The molecule has 0 aromatic heterocycles. The first-order valence-electron chi connectivity index (χ1n) is 8.34. The normalized spacial score (nSPS) is 11.3. The minimum absolute atomic E-state index is 0.133. The molecule has 2 aromatic rings. The summed E-state index contributed by atoms with van der Waals surface area (Å²) >= 11 is 0. The van der Waals surface area contributed by atoms with E-state index in [1.807, 2.05) is 52.0 Å². The Labute approximate surface area is 148 Å². The summed E-state index contributed by atoms with van der Waals surface area (Å²) in [6.07, 6.45) is 0.133. The predicted octanol–water partition coefficient (Wildman–Crippen LogP) is 4.03. The van der Waals surface area contributed by atoms with Gasteiger partial charge in [0, 0.05) is 5.56 Å². The average Bonchev–Trinajstić information content (AvgIpc) is 2.60. The predicted molar refractivity (Wildman–Crippen MR) is 99.5 cm³/mol. The molecule has 2 rings (SSSR count). The summed E-state index contributed by atoms with van der Waals surface area (Å²) in [6.45, 7) is 8.32. The maximum Gasteiger partial charge on any atom is 0.271 e. The van der Waals surface area contributed by atoms with E-state index in [4.69, 9.17) is 9.47 Å². The number of carbonyl (C=O) groups excluding carboxylic acids is 1. The summed E-state index contributed by atoms with van der Waals surface area (Å²) in [7, 11) is 0. The van der Waals surface area contributed by atoms with Crippen molar-refractivity contribution in [1.29, 1.82) is 0 Å². The Balaban J connectivity index is 1.98. The molecule has 0 aliphatic heterocycles. The lowest BCUT2D eigenvalue weighted by Gasteiger charge is -2.10. The van der Waals surface area contributed by atoms with Gasteiger partial charge in [-0.05, 0) is 81.8 Å². The lowest BCUT2D eigenvalue weighted by atomic mass is 10.1. The van der Waals surface area contributed by atoms with Gasteiger partial charge in [-0.1, -0.05) is 0 Å². The zero-order valence-corrected chi connectivity index (χ0v) is 15.1. The van der Waals surface area contributed by atoms with E-state index in [1.165, 1.54) is 0 Å². The molecule has 132 valence electrons. The number of nitrogens with one attached hydrogen (secondary N) is 1. The Morgan fingerprint density at radius 3 is 2.12 bits per heavy atom. The van der Waals surface area contributed by atoms with Gasteiger partial charge in [0.25, 0.3) is 5.91 Å². The highest BCUT2D eigenvalue weighted by molar-refractivity contribution is 6.00. The van der Waals surface area contributed by atoms with Crippen molar-refractivity contribution in [2.24, 2.45) is 5.10 Å². The topological polar surface area (TPSA) is 59.9 Å². The second-order valence-corrected chi connectivity index (χ2v) is 5.79. The summed E-state index contributed by atoms with van der Waals surface area (Å²) in [5, 5.41) is 4.17. The van der Waals surface area contributed by atoms with Crippen LogP contribution in [0.1, 0.15) is 43.6 Å². The number of hydrogen-bond acceptors (Lipinski definition) is 4. The lowest BCUT2D eigenvalue weighted by molar-refractivity contribution is 0.0955. The molecule has 0 heterocycles. The molecule has 0 bridgehead atoms. The van der Waals surface area contributed by atoms with Gasteiger partial charge in [-0.2, -0.15) is 5.10 Å². The minimum Gasteiger partial charge on any atom is -0.494 e. The van der Waals surface area contributed by atoms with E-state index >= 15 is 0 Å². The Morgan fingerprint density at radius 2 is 1.56 bits per heavy atom. The first-order chi connectivity index (χ1) is 12.0. The number of nitrogens with zero attached hydrogens (tertiary/aromatic N) is 1. The van der Waals surface area contributed by atoms with Crippen LogP contribution in [-0.4, -0.2) is 24.3 Å². The monoisotopic (exact) mass is 340 g/mol. The molecule has 2 aromatic carbocycles. The average molecular weight is 340 g/mol. The van der Waals surface area contributed by atoms with Gasteiger partial charge in [-0.25, -0.2) is 5.43 Å². The van der Waals surface area contributed by atoms with Crippen LogP contribution in [0.5, 0.6) is 11.5 Å². The molecular formula is C20H24N2O3. The van der Waals surface area contributed by atoms with Crippen molar-refractivity contribution in [3.63, 3.8) is 0 Å². The molecule has 0 spiro atoms. The molecule has 5 heteroatoms. The van der Waals surface area contributed by atoms with E-state index in [2.05, 4.69) is 10.5 Å². The van der Waals surface area contributed by atoms with Crippen molar-refractivity contribution in [3.8, 4) is 11.5 Å². The summed E-state index contributed by atoms with van der Waals surface area (Å²) in [6, 6.07) is 14.6. The van der Waals surface area contributed by atoms with E-state index in [0.717, 1.165) is 22.8 Å². The summed E-state index contributed by atoms with van der Waals surface area (Å²) in [4.78, 5) is 12.1. The van der Waals surface area contributed by atoms with Gasteiger partial charge in [0.2, 0.25) is 0 Å². The van der Waals surface area contributed by atoms with Gasteiger partial charge >= 0.3 is 0 Å². The van der Waals surface area contributed by atoms with Crippen molar-refractivity contribution < 1.29 is 14.3 Å². The second-order valence-electron chi connectivity index (χ2n) is 5.79. The van der Waals surface area contributed by atoms with Crippen molar-refractivity contribution in [2.45, 2.75) is 33.8 Å². The number of hydrogen-bond donors (Lipinski definition) is 1. The second kappa shape index (κ2) is 8.87. The molecule has 1 N–H and O–H groups in total. The largest absolute Gasteiger partial charge is 0.494 e. The van der Waals surface area contributed by atoms with Gasteiger partial charge in [-0.15, -0.1) is 0 Å². The Morgan fingerprint density at radius 1 is 1.00 bits per heavy atom. The SMILES string of the molecule is CCOc1ccc(C(=O)N/N=C(/C)c2ccc(OC(C)C)cc2)cc1. The van der Waals surface area contributed by atoms with E-state index in [0.29, 0.717) is 12.2 Å². The molecule has 0 unspecified atom stereocenters. The standard InChI is InChI=1S/C20H24N2O3/c1-5-24-18-10-8-17(9-11-18)20(23)22-21-15(4)16-6-12-19(13-7-16)25-14(2)3/h6-14H,5H2,1-4H3,(H,22,23)/b21-15-. The van der Waals surface area contributed by atoms with Crippen molar-refractivity contribution in [2.75, 3.05) is 6.61 Å². The van der Waals surface area contributed by atoms with Crippen LogP contribution in [0.25, 0.3) is 0 Å². The van der Waals surface area contributed by atoms with Crippen LogP contribution in [0, 0.1) is 0 Å². The number of ether oxygens (including phenoxy) is 2. The van der Waals surface area contributed by atoms with Gasteiger partial charge in [0.05, 0.1) is 18.4 Å². The van der Waals surface area contributed by atoms with E-state index in [-0.39, 0.29) is 12.0 Å². The van der Waals surface area contributed by atoms with E-state index in [9.17, 15) is 4.79 Å². The third-order valence-electron chi connectivity index (χ3n) is 3.40. The first kappa shape index (κ1) is 18.5. The molecule has 0 aliphatic rings. The van der Waals surface area contributed by atoms with Gasteiger partial charge < -0.3 is 9.47 Å². The molecule has 25 heavy (non-hydrogen) atoms. The van der Waals surface area contributed by atoms with Crippen LogP contribution in [0.15, 0.2) is 53.6 Å². The van der Waals surface area contributed by atoms with Gasteiger partial charge in [0.1, 0.15) is 11.5 Å². The van der Waals surface area contributed by atoms with Crippen molar-refractivity contribution >= 4 is 11.6 Å². The van der Waals surface area contributed by atoms with Crippen LogP contribution < -0.4 is 14.9 Å². The minimum atomic E-state index is -0.262. The molecular weight excluding hydrogens is 316 g/mol. The number of rotatable bonds is 7.